The Kier molecular flexibility index (Phi) is 4.72. The van der Waals surface area contributed by atoms with Gasteiger partial charge in [0.05, 0.1) is 0 Å². The summed E-state index contributed by atoms with van der Waals surface area (Å²) in [5.41, 5.74) is 4.15. The van der Waals surface area contributed by atoms with E-state index < -0.39 is 0 Å². The van der Waals surface area contributed by atoms with Gasteiger partial charge in [-0.05, 0) is 61.5 Å². The minimum absolute atomic E-state index is 0.753. The van der Waals surface area contributed by atoms with Crippen LogP contribution < -0.4 is 0 Å². The van der Waals surface area contributed by atoms with Crippen LogP contribution in [0.2, 0.25) is 0 Å². The van der Waals surface area contributed by atoms with Gasteiger partial charge in [0, 0.05) is 0 Å². The largest absolute Gasteiger partial charge is 0.303 e. The lowest BCUT2D eigenvalue weighted by Crippen LogP contribution is -2.33. The predicted molar refractivity (Wildman–Crippen MR) is 90.6 cm³/mol. The molecule has 0 bridgehead atoms. The third-order valence-electron chi connectivity index (χ3n) is 4.62. The molecule has 0 radical (unpaired) electrons. The second-order valence-electron chi connectivity index (χ2n) is 6.10. The number of benzene rings is 2. The van der Waals surface area contributed by atoms with Crippen LogP contribution in [0.4, 0.5) is 0 Å². The van der Waals surface area contributed by atoms with E-state index in [0.717, 1.165) is 5.92 Å². The highest BCUT2D eigenvalue weighted by molar-refractivity contribution is 5.63. The molecule has 0 amide bonds. The molecule has 21 heavy (non-hydrogen) atoms. The van der Waals surface area contributed by atoms with Gasteiger partial charge >= 0.3 is 0 Å². The highest BCUT2D eigenvalue weighted by atomic mass is 15.1. The van der Waals surface area contributed by atoms with Crippen molar-refractivity contribution in [1.29, 1.82) is 0 Å². The van der Waals surface area contributed by atoms with E-state index in [9.17, 15) is 0 Å². The first kappa shape index (κ1) is 14.3. The summed E-state index contributed by atoms with van der Waals surface area (Å²) in [6.07, 6.45) is 3.89. The van der Waals surface area contributed by atoms with Crippen LogP contribution in [0.3, 0.4) is 0 Å². The first-order chi connectivity index (χ1) is 10.4. The van der Waals surface area contributed by atoms with Crippen molar-refractivity contribution in [2.24, 2.45) is 0 Å². The summed E-state index contributed by atoms with van der Waals surface area (Å²) in [5.74, 6) is 0.753. The lowest BCUT2D eigenvalue weighted by Gasteiger charge is -2.32. The van der Waals surface area contributed by atoms with Crippen molar-refractivity contribution in [3.63, 3.8) is 0 Å². The molecule has 110 valence electrons. The van der Waals surface area contributed by atoms with E-state index in [-0.39, 0.29) is 0 Å². The molecule has 0 aromatic heterocycles. The molecule has 0 atom stereocenters. The first-order valence-electron chi connectivity index (χ1n) is 8.24. The van der Waals surface area contributed by atoms with Crippen LogP contribution in [0.1, 0.15) is 37.7 Å². The third-order valence-corrected chi connectivity index (χ3v) is 4.62. The molecular weight excluding hydrogens is 254 g/mol. The molecular formula is C20H25N. The third kappa shape index (κ3) is 3.54. The number of rotatable bonds is 4. The Morgan fingerprint density at radius 2 is 1.48 bits per heavy atom. The van der Waals surface area contributed by atoms with Gasteiger partial charge in [-0.1, -0.05) is 61.5 Å². The molecule has 3 rings (SSSR count). The Morgan fingerprint density at radius 1 is 0.857 bits per heavy atom. The minimum atomic E-state index is 0.753. The van der Waals surface area contributed by atoms with Crippen molar-refractivity contribution in [3.05, 3.63) is 60.2 Å². The van der Waals surface area contributed by atoms with Gasteiger partial charge in [0.25, 0.3) is 0 Å². The maximum atomic E-state index is 2.61. The van der Waals surface area contributed by atoms with Gasteiger partial charge in [-0.15, -0.1) is 0 Å². The van der Waals surface area contributed by atoms with E-state index in [2.05, 4.69) is 66.4 Å². The van der Waals surface area contributed by atoms with Gasteiger partial charge in [-0.25, -0.2) is 0 Å². The Bertz CT molecular complexity index is 536. The molecule has 1 aliphatic heterocycles. The number of hydrogen-bond donors (Lipinski definition) is 0. The fraction of sp³-hybridized carbons (Fsp3) is 0.400. The van der Waals surface area contributed by atoms with Crippen molar-refractivity contribution >= 4 is 0 Å². The molecule has 1 heterocycles. The zero-order valence-electron chi connectivity index (χ0n) is 13.0. The van der Waals surface area contributed by atoms with Crippen molar-refractivity contribution in [2.45, 2.75) is 32.1 Å². The Morgan fingerprint density at radius 3 is 2.10 bits per heavy atom. The summed E-state index contributed by atoms with van der Waals surface area (Å²) >= 11 is 0. The lowest BCUT2D eigenvalue weighted by atomic mass is 9.88. The van der Waals surface area contributed by atoms with Crippen molar-refractivity contribution < 1.29 is 0 Å². The zero-order chi connectivity index (χ0) is 14.5. The topological polar surface area (TPSA) is 3.24 Å². The Labute approximate surface area is 128 Å². The van der Waals surface area contributed by atoms with E-state index in [0.29, 0.717) is 0 Å². The van der Waals surface area contributed by atoms with Gasteiger partial charge < -0.3 is 4.90 Å². The molecule has 0 aliphatic carbocycles. The van der Waals surface area contributed by atoms with Crippen LogP contribution >= 0.6 is 0 Å². The normalized spacial score (nSPS) is 17.0. The molecule has 1 nitrogen and oxygen atoms in total. The van der Waals surface area contributed by atoms with Crippen molar-refractivity contribution in [1.82, 2.24) is 4.90 Å². The fourth-order valence-electron chi connectivity index (χ4n) is 3.38. The Balaban J connectivity index is 1.65. The maximum Gasteiger partial charge on any atom is -0.00129 e. The smallest absolute Gasteiger partial charge is 0.00129 e. The van der Waals surface area contributed by atoms with Gasteiger partial charge in [-0.2, -0.15) is 0 Å². The molecule has 2 aromatic rings. The average molecular weight is 279 g/mol. The summed E-state index contributed by atoms with van der Waals surface area (Å²) in [6.45, 7) is 6.06. The minimum Gasteiger partial charge on any atom is -0.303 e. The molecule has 0 unspecified atom stereocenters. The molecule has 1 aliphatic rings. The van der Waals surface area contributed by atoms with Gasteiger partial charge in [0.1, 0.15) is 0 Å². The van der Waals surface area contributed by atoms with E-state index >= 15 is 0 Å². The van der Waals surface area contributed by atoms with Crippen LogP contribution in [-0.2, 0) is 0 Å². The van der Waals surface area contributed by atoms with E-state index in [4.69, 9.17) is 0 Å². The van der Waals surface area contributed by atoms with E-state index in [1.165, 1.54) is 55.6 Å². The quantitative estimate of drug-likeness (QED) is 0.766. The number of piperidine rings is 1. The van der Waals surface area contributed by atoms with E-state index in [1.54, 1.807) is 0 Å². The average Bonchev–Trinajstić information content (AvgIpc) is 2.57. The second kappa shape index (κ2) is 6.91. The van der Waals surface area contributed by atoms with Gasteiger partial charge in [0.2, 0.25) is 0 Å². The standard InChI is InChI=1S/C20H25N/c1-2-14-21-15-12-20(13-16-21)19-10-8-18(9-11-19)17-6-4-3-5-7-17/h3-11,20H,2,12-16H2,1H3. The molecule has 1 saturated heterocycles. The molecule has 0 N–H and O–H groups in total. The van der Waals surface area contributed by atoms with Crippen molar-refractivity contribution in [2.75, 3.05) is 19.6 Å². The first-order valence-corrected chi connectivity index (χ1v) is 8.24. The molecule has 1 fully saturated rings. The molecule has 1 heteroatoms. The monoisotopic (exact) mass is 279 g/mol. The van der Waals surface area contributed by atoms with Gasteiger partial charge in [-0.3, -0.25) is 0 Å². The fourth-order valence-corrected chi connectivity index (χ4v) is 3.38. The summed E-state index contributed by atoms with van der Waals surface area (Å²) in [7, 11) is 0. The summed E-state index contributed by atoms with van der Waals surface area (Å²) in [4.78, 5) is 2.61. The number of nitrogens with zero attached hydrogens (tertiary/aromatic N) is 1. The van der Waals surface area contributed by atoms with Crippen LogP contribution in [0.25, 0.3) is 11.1 Å². The second-order valence-corrected chi connectivity index (χ2v) is 6.10. The van der Waals surface area contributed by atoms with Crippen LogP contribution in [0.15, 0.2) is 54.6 Å². The predicted octanol–water partition coefficient (Wildman–Crippen LogP) is 4.94. The van der Waals surface area contributed by atoms with Crippen molar-refractivity contribution in [3.8, 4) is 11.1 Å². The van der Waals surface area contributed by atoms with Crippen LogP contribution in [0.5, 0.6) is 0 Å². The molecule has 0 spiro atoms. The maximum absolute atomic E-state index is 2.61. The summed E-state index contributed by atoms with van der Waals surface area (Å²) < 4.78 is 0. The Hall–Kier alpha value is -1.60. The number of likely N-dealkylation sites (tertiary alicyclic amines) is 1. The van der Waals surface area contributed by atoms with E-state index in [1.807, 2.05) is 0 Å². The summed E-state index contributed by atoms with van der Waals surface area (Å²) in [5, 5.41) is 0. The summed E-state index contributed by atoms with van der Waals surface area (Å²) in [6, 6.07) is 19.9. The highest BCUT2D eigenvalue weighted by Gasteiger charge is 2.19. The molecule has 2 aromatic carbocycles. The van der Waals surface area contributed by atoms with Crippen LogP contribution in [0, 0.1) is 0 Å². The van der Waals surface area contributed by atoms with Gasteiger partial charge in [0.15, 0.2) is 0 Å². The zero-order valence-corrected chi connectivity index (χ0v) is 13.0. The SMILES string of the molecule is CCCN1CCC(c2ccc(-c3ccccc3)cc2)CC1. The number of hydrogen-bond acceptors (Lipinski definition) is 1. The lowest BCUT2D eigenvalue weighted by molar-refractivity contribution is 0.213. The highest BCUT2D eigenvalue weighted by Crippen LogP contribution is 2.29. The molecule has 0 saturated carbocycles. The van der Waals surface area contributed by atoms with Crippen LogP contribution in [-0.4, -0.2) is 24.5 Å².